The van der Waals surface area contributed by atoms with E-state index in [2.05, 4.69) is 0 Å². The van der Waals surface area contributed by atoms with Gasteiger partial charge < -0.3 is 5.11 Å². The van der Waals surface area contributed by atoms with E-state index in [1.165, 1.54) is 12.1 Å². The fourth-order valence-electron chi connectivity index (χ4n) is 2.20. The number of carboxylic acid groups (broad SMARTS) is 1. The van der Waals surface area contributed by atoms with Gasteiger partial charge in [-0.05, 0) is 18.1 Å². The highest BCUT2D eigenvalue weighted by atomic mass is 35.5. The van der Waals surface area contributed by atoms with Gasteiger partial charge in [-0.25, -0.2) is 4.79 Å². The molecule has 2 amide bonds. The third-order valence-corrected chi connectivity index (χ3v) is 3.84. The lowest BCUT2D eigenvalue weighted by molar-refractivity contribution is -0.143. The molecule has 0 bridgehead atoms. The Labute approximate surface area is 125 Å². The minimum absolute atomic E-state index is 0.0799. The molecule has 0 aliphatic carbocycles. The van der Waals surface area contributed by atoms with Crippen LogP contribution in [0.1, 0.15) is 34.6 Å². The Balaban J connectivity index is 2.54. The Morgan fingerprint density at radius 2 is 1.50 bits per heavy atom. The number of hydrogen-bond donors (Lipinski definition) is 1. The normalized spacial score (nSPS) is 15.8. The van der Waals surface area contributed by atoms with Gasteiger partial charge in [-0.15, -0.1) is 0 Å². The second-order valence-electron chi connectivity index (χ2n) is 4.82. The van der Waals surface area contributed by atoms with E-state index in [1.807, 2.05) is 0 Å². The Bertz CT molecular complexity index is 586. The van der Waals surface area contributed by atoms with Crippen molar-refractivity contribution in [2.45, 2.75) is 19.9 Å². The van der Waals surface area contributed by atoms with Gasteiger partial charge in [0.15, 0.2) is 0 Å². The van der Waals surface area contributed by atoms with E-state index in [0.29, 0.717) is 0 Å². The molecule has 0 fully saturated rings. The number of carbonyl (C=O) groups is 3. The minimum Gasteiger partial charge on any atom is -0.480 e. The van der Waals surface area contributed by atoms with Crippen LogP contribution in [-0.2, 0) is 4.79 Å². The number of benzene rings is 1. The summed E-state index contributed by atoms with van der Waals surface area (Å²) in [6, 6.07) is 1.36. The molecule has 0 aromatic heterocycles. The van der Waals surface area contributed by atoms with Gasteiger partial charge in [0.25, 0.3) is 11.8 Å². The van der Waals surface area contributed by atoms with E-state index in [1.54, 1.807) is 13.8 Å². The van der Waals surface area contributed by atoms with Crippen LogP contribution in [0.4, 0.5) is 0 Å². The summed E-state index contributed by atoms with van der Waals surface area (Å²) in [5, 5.41) is 9.52. The van der Waals surface area contributed by atoms with Gasteiger partial charge in [-0.1, -0.05) is 37.0 Å². The number of imide groups is 1. The first-order valence-corrected chi connectivity index (χ1v) is 6.61. The van der Waals surface area contributed by atoms with Crippen LogP contribution in [-0.4, -0.2) is 33.8 Å². The quantitative estimate of drug-likeness (QED) is 0.870. The van der Waals surface area contributed by atoms with Gasteiger partial charge in [0.05, 0.1) is 21.2 Å². The summed E-state index contributed by atoms with van der Waals surface area (Å²) >= 11 is 11.7. The van der Waals surface area contributed by atoms with Crippen LogP contribution in [0.25, 0.3) is 0 Å². The molecule has 1 heterocycles. The summed E-state index contributed by atoms with van der Waals surface area (Å²) in [6.45, 7) is 3.25. The van der Waals surface area contributed by atoms with E-state index in [9.17, 15) is 19.5 Å². The van der Waals surface area contributed by atoms with E-state index in [4.69, 9.17) is 23.2 Å². The number of carboxylic acids is 1. The summed E-state index contributed by atoms with van der Waals surface area (Å²) in [6.07, 6.45) is 0. The third kappa shape index (κ3) is 2.17. The molecule has 0 unspecified atom stereocenters. The molecule has 2 rings (SSSR count). The first-order valence-electron chi connectivity index (χ1n) is 5.85. The number of aliphatic carboxylic acids is 1. The molecule has 106 valence electrons. The highest BCUT2D eigenvalue weighted by molar-refractivity contribution is 6.43. The molecule has 5 nitrogen and oxygen atoms in total. The molecule has 1 aromatic rings. The van der Waals surface area contributed by atoms with Crippen LogP contribution in [0, 0.1) is 5.92 Å². The lowest BCUT2D eigenvalue weighted by atomic mass is 10.0. The predicted molar refractivity (Wildman–Crippen MR) is 73.2 cm³/mol. The average Bonchev–Trinajstić information content (AvgIpc) is 2.55. The molecule has 1 aliphatic rings. The van der Waals surface area contributed by atoms with Crippen molar-refractivity contribution in [3.05, 3.63) is 33.3 Å². The maximum absolute atomic E-state index is 12.3. The van der Waals surface area contributed by atoms with E-state index < -0.39 is 29.7 Å². The molecule has 7 heteroatoms. The highest BCUT2D eigenvalue weighted by Crippen LogP contribution is 2.33. The van der Waals surface area contributed by atoms with Crippen molar-refractivity contribution in [3.8, 4) is 0 Å². The molecule has 1 aromatic carbocycles. The highest BCUT2D eigenvalue weighted by Gasteiger charge is 2.44. The summed E-state index contributed by atoms with van der Waals surface area (Å²) in [7, 11) is 0. The molecule has 0 saturated carbocycles. The lowest BCUT2D eigenvalue weighted by Gasteiger charge is -2.25. The summed E-state index contributed by atoms with van der Waals surface area (Å²) in [5.41, 5.74) is 0.160. The molecule has 0 spiro atoms. The van der Waals surface area contributed by atoms with Gasteiger partial charge in [0.1, 0.15) is 6.04 Å². The zero-order valence-corrected chi connectivity index (χ0v) is 12.2. The second kappa shape index (κ2) is 5.07. The van der Waals surface area contributed by atoms with E-state index >= 15 is 0 Å². The van der Waals surface area contributed by atoms with Crippen molar-refractivity contribution >= 4 is 41.0 Å². The number of fused-ring (bicyclic) bond motifs is 1. The van der Waals surface area contributed by atoms with Gasteiger partial charge in [-0.3, -0.25) is 14.5 Å². The Morgan fingerprint density at radius 1 is 1.10 bits per heavy atom. The maximum atomic E-state index is 12.3. The van der Waals surface area contributed by atoms with Gasteiger partial charge in [-0.2, -0.15) is 0 Å². The van der Waals surface area contributed by atoms with Crippen LogP contribution in [0.3, 0.4) is 0 Å². The van der Waals surface area contributed by atoms with Crippen LogP contribution in [0.2, 0.25) is 10.0 Å². The molecule has 1 atom stereocenters. The zero-order chi connectivity index (χ0) is 15.2. The van der Waals surface area contributed by atoms with Crippen molar-refractivity contribution in [1.82, 2.24) is 4.90 Å². The van der Waals surface area contributed by atoms with E-state index in [0.717, 1.165) is 4.90 Å². The Kier molecular flexibility index (Phi) is 3.75. The number of hydrogen-bond acceptors (Lipinski definition) is 3. The zero-order valence-electron chi connectivity index (χ0n) is 10.7. The van der Waals surface area contributed by atoms with Gasteiger partial charge in [0.2, 0.25) is 0 Å². The van der Waals surface area contributed by atoms with Crippen molar-refractivity contribution in [2.24, 2.45) is 5.92 Å². The average molecular weight is 316 g/mol. The fourth-order valence-corrected chi connectivity index (χ4v) is 2.53. The molecule has 20 heavy (non-hydrogen) atoms. The van der Waals surface area contributed by atoms with Gasteiger partial charge in [0, 0.05) is 0 Å². The van der Waals surface area contributed by atoms with Crippen molar-refractivity contribution in [1.29, 1.82) is 0 Å². The molecular formula is C13H11Cl2NO4. The third-order valence-electron chi connectivity index (χ3n) is 3.12. The van der Waals surface area contributed by atoms with Crippen molar-refractivity contribution < 1.29 is 19.5 Å². The van der Waals surface area contributed by atoms with Crippen LogP contribution in [0.5, 0.6) is 0 Å². The largest absolute Gasteiger partial charge is 0.480 e. The van der Waals surface area contributed by atoms with E-state index in [-0.39, 0.29) is 21.2 Å². The number of amides is 2. The molecule has 0 saturated heterocycles. The molecule has 1 N–H and O–H groups in total. The van der Waals surface area contributed by atoms with Crippen LogP contribution in [0.15, 0.2) is 12.1 Å². The fraction of sp³-hybridized carbons (Fsp3) is 0.308. The standard InChI is InChI=1S/C13H11Cl2NO4/c1-5(2)10(13(19)20)16-11(17)6-3-8(14)9(15)4-7(6)12(16)18/h3-5,10H,1-2H3,(H,19,20)/t10-/m1/s1. The van der Waals surface area contributed by atoms with Crippen LogP contribution >= 0.6 is 23.2 Å². The SMILES string of the molecule is CC(C)[C@H](C(=O)O)N1C(=O)c2cc(Cl)c(Cl)cc2C1=O. The summed E-state index contributed by atoms with van der Waals surface area (Å²) in [5.74, 6) is -2.97. The monoisotopic (exact) mass is 315 g/mol. The molecule has 1 aliphatic heterocycles. The summed E-state index contributed by atoms with van der Waals surface area (Å²) in [4.78, 5) is 36.6. The second-order valence-corrected chi connectivity index (χ2v) is 5.63. The molecular weight excluding hydrogens is 305 g/mol. The van der Waals surface area contributed by atoms with Gasteiger partial charge >= 0.3 is 5.97 Å². The topological polar surface area (TPSA) is 74.7 Å². The lowest BCUT2D eigenvalue weighted by Crippen LogP contribution is -2.47. The first kappa shape index (κ1) is 14.8. The van der Waals surface area contributed by atoms with Crippen LogP contribution < -0.4 is 0 Å². The molecule has 0 radical (unpaired) electrons. The maximum Gasteiger partial charge on any atom is 0.327 e. The number of carbonyl (C=O) groups excluding carboxylic acids is 2. The number of halogens is 2. The van der Waals surface area contributed by atoms with Crippen molar-refractivity contribution in [2.75, 3.05) is 0 Å². The van der Waals surface area contributed by atoms with Crippen molar-refractivity contribution in [3.63, 3.8) is 0 Å². The number of rotatable bonds is 3. The smallest absolute Gasteiger partial charge is 0.327 e. The Morgan fingerprint density at radius 3 is 1.80 bits per heavy atom. The first-order chi connectivity index (χ1) is 9.25. The predicted octanol–water partition coefficient (Wildman–Crippen LogP) is 2.70. The minimum atomic E-state index is -1.23. The number of nitrogens with zero attached hydrogens (tertiary/aromatic N) is 1. The summed E-state index contributed by atoms with van der Waals surface area (Å²) < 4.78 is 0. The Hall–Kier alpha value is -1.59.